The maximum absolute atomic E-state index is 5.65. The van der Waals surface area contributed by atoms with E-state index >= 15 is 0 Å². The van der Waals surface area contributed by atoms with Gasteiger partial charge >= 0.3 is 0 Å². The molecule has 0 radical (unpaired) electrons. The second kappa shape index (κ2) is 7.96. The quantitative estimate of drug-likeness (QED) is 0.753. The van der Waals surface area contributed by atoms with Gasteiger partial charge in [-0.3, -0.25) is 4.98 Å². The summed E-state index contributed by atoms with van der Waals surface area (Å²) in [6, 6.07) is 2.05. The van der Waals surface area contributed by atoms with Gasteiger partial charge in [0.05, 0.1) is 24.7 Å². The van der Waals surface area contributed by atoms with Crippen LogP contribution in [-0.2, 0) is 4.74 Å². The van der Waals surface area contributed by atoms with Crippen molar-refractivity contribution in [2.24, 2.45) is 0 Å². The van der Waals surface area contributed by atoms with Crippen LogP contribution < -0.4 is 15.0 Å². The summed E-state index contributed by atoms with van der Waals surface area (Å²) in [4.78, 5) is 6.57. The van der Waals surface area contributed by atoms with Gasteiger partial charge in [0.1, 0.15) is 12.4 Å². The van der Waals surface area contributed by atoms with Crippen LogP contribution in [0.15, 0.2) is 18.5 Å². The molecule has 106 valence electrons. The maximum Gasteiger partial charge on any atom is 0.139 e. The lowest BCUT2D eigenvalue weighted by atomic mass is 10.3. The first-order valence-corrected chi connectivity index (χ1v) is 7.01. The zero-order chi connectivity index (χ0) is 13.3. The van der Waals surface area contributed by atoms with Crippen LogP contribution in [0.25, 0.3) is 0 Å². The van der Waals surface area contributed by atoms with Gasteiger partial charge in [0, 0.05) is 38.9 Å². The van der Waals surface area contributed by atoms with Gasteiger partial charge in [0.25, 0.3) is 0 Å². The fourth-order valence-electron chi connectivity index (χ4n) is 2.05. The SMILES string of the molecule is CCCOCCOc1cncc(N2CCNCC2)c1. The van der Waals surface area contributed by atoms with Gasteiger partial charge in [-0.2, -0.15) is 0 Å². The van der Waals surface area contributed by atoms with Crippen molar-refractivity contribution >= 4 is 5.69 Å². The summed E-state index contributed by atoms with van der Waals surface area (Å²) < 4.78 is 11.0. The topological polar surface area (TPSA) is 46.6 Å². The number of aromatic nitrogens is 1. The summed E-state index contributed by atoms with van der Waals surface area (Å²) in [5.41, 5.74) is 1.13. The van der Waals surface area contributed by atoms with Crippen molar-refractivity contribution in [3.63, 3.8) is 0 Å². The average Bonchev–Trinajstić information content (AvgIpc) is 2.48. The van der Waals surface area contributed by atoms with E-state index in [1.165, 1.54) is 0 Å². The second-order valence-electron chi connectivity index (χ2n) is 4.58. The summed E-state index contributed by atoms with van der Waals surface area (Å²) in [5, 5.41) is 3.34. The molecule has 1 N–H and O–H groups in total. The lowest BCUT2D eigenvalue weighted by molar-refractivity contribution is 0.100. The Morgan fingerprint density at radius 2 is 2.05 bits per heavy atom. The van der Waals surface area contributed by atoms with Gasteiger partial charge < -0.3 is 19.7 Å². The van der Waals surface area contributed by atoms with E-state index in [0.717, 1.165) is 50.6 Å². The van der Waals surface area contributed by atoms with Gasteiger partial charge in [-0.1, -0.05) is 6.92 Å². The molecule has 1 saturated heterocycles. The van der Waals surface area contributed by atoms with Gasteiger partial charge in [-0.25, -0.2) is 0 Å². The van der Waals surface area contributed by atoms with Crippen molar-refractivity contribution in [2.45, 2.75) is 13.3 Å². The number of nitrogens with zero attached hydrogens (tertiary/aromatic N) is 2. The molecule has 1 fully saturated rings. The van der Waals surface area contributed by atoms with Crippen LogP contribution in [0, 0.1) is 0 Å². The van der Waals surface area contributed by atoms with Crippen LogP contribution in [0.4, 0.5) is 5.69 Å². The van der Waals surface area contributed by atoms with E-state index in [4.69, 9.17) is 9.47 Å². The fraction of sp³-hybridized carbons (Fsp3) is 0.643. The Balaban J connectivity index is 1.81. The highest BCUT2D eigenvalue weighted by Gasteiger charge is 2.11. The van der Waals surface area contributed by atoms with E-state index in [2.05, 4.69) is 28.2 Å². The van der Waals surface area contributed by atoms with Gasteiger partial charge in [0.2, 0.25) is 0 Å². The Bertz CT molecular complexity index is 367. The molecule has 1 aromatic rings. The minimum absolute atomic E-state index is 0.576. The fourth-order valence-corrected chi connectivity index (χ4v) is 2.05. The van der Waals surface area contributed by atoms with Crippen molar-refractivity contribution in [3.8, 4) is 5.75 Å². The molecule has 1 aliphatic heterocycles. The first-order valence-electron chi connectivity index (χ1n) is 7.01. The predicted molar refractivity (Wildman–Crippen MR) is 75.9 cm³/mol. The molecule has 1 aliphatic rings. The third-order valence-corrected chi connectivity index (χ3v) is 3.03. The Morgan fingerprint density at radius 3 is 2.84 bits per heavy atom. The number of rotatable bonds is 7. The van der Waals surface area contributed by atoms with Crippen LogP contribution >= 0.6 is 0 Å². The molecule has 0 unspecified atom stereocenters. The molecular weight excluding hydrogens is 242 g/mol. The molecule has 0 aromatic carbocycles. The van der Waals surface area contributed by atoms with Gasteiger partial charge in [0.15, 0.2) is 0 Å². The molecular formula is C14H23N3O2. The molecule has 0 spiro atoms. The molecule has 1 aromatic heterocycles. The molecule has 2 rings (SSSR count). The first kappa shape index (κ1) is 14.1. The van der Waals surface area contributed by atoms with E-state index in [1.807, 2.05) is 6.20 Å². The number of piperazine rings is 1. The zero-order valence-corrected chi connectivity index (χ0v) is 11.6. The maximum atomic E-state index is 5.65. The number of ether oxygens (including phenoxy) is 2. The largest absolute Gasteiger partial charge is 0.489 e. The number of nitrogens with one attached hydrogen (secondary N) is 1. The van der Waals surface area contributed by atoms with Crippen molar-refractivity contribution in [3.05, 3.63) is 18.5 Å². The van der Waals surface area contributed by atoms with Crippen molar-refractivity contribution in [2.75, 3.05) is 50.9 Å². The monoisotopic (exact) mass is 265 g/mol. The molecule has 0 aliphatic carbocycles. The summed E-state index contributed by atoms with van der Waals surface area (Å²) in [5.74, 6) is 0.816. The highest BCUT2D eigenvalue weighted by atomic mass is 16.5. The van der Waals surface area contributed by atoms with Gasteiger partial charge in [-0.15, -0.1) is 0 Å². The highest BCUT2D eigenvalue weighted by Crippen LogP contribution is 2.19. The Labute approximate surface area is 114 Å². The molecule has 5 heteroatoms. The molecule has 2 heterocycles. The van der Waals surface area contributed by atoms with Crippen molar-refractivity contribution < 1.29 is 9.47 Å². The van der Waals surface area contributed by atoms with Gasteiger partial charge in [-0.05, 0) is 6.42 Å². The van der Waals surface area contributed by atoms with Crippen LogP contribution in [0.3, 0.4) is 0 Å². The summed E-state index contributed by atoms with van der Waals surface area (Å²) >= 11 is 0. The van der Waals surface area contributed by atoms with E-state index < -0.39 is 0 Å². The third kappa shape index (κ3) is 4.69. The molecule has 0 atom stereocenters. The van der Waals surface area contributed by atoms with E-state index in [0.29, 0.717) is 13.2 Å². The first-order chi connectivity index (χ1) is 9.40. The standard InChI is InChI=1S/C14H23N3O2/c1-2-7-18-8-9-19-14-10-13(11-16-12-14)17-5-3-15-4-6-17/h10-12,15H,2-9H2,1H3. The van der Waals surface area contributed by atoms with Crippen molar-refractivity contribution in [1.82, 2.24) is 10.3 Å². The lowest BCUT2D eigenvalue weighted by Crippen LogP contribution is -2.43. The lowest BCUT2D eigenvalue weighted by Gasteiger charge is -2.29. The number of hydrogen-bond donors (Lipinski definition) is 1. The Morgan fingerprint density at radius 1 is 1.21 bits per heavy atom. The number of anilines is 1. The Kier molecular flexibility index (Phi) is 5.91. The number of hydrogen-bond acceptors (Lipinski definition) is 5. The minimum atomic E-state index is 0.576. The third-order valence-electron chi connectivity index (χ3n) is 3.03. The molecule has 0 amide bonds. The van der Waals surface area contributed by atoms with Crippen LogP contribution in [-0.4, -0.2) is 51.0 Å². The second-order valence-corrected chi connectivity index (χ2v) is 4.58. The Hall–Kier alpha value is -1.33. The van der Waals surface area contributed by atoms with E-state index in [9.17, 15) is 0 Å². The smallest absolute Gasteiger partial charge is 0.139 e. The van der Waals surface area contributed by atoms with Crippen LogP contribution in [0.1, 0.15) is 13.3 Å². The summed E-state index contributed by atoms with van der Waals surface area (Å²) in [7, 11) is 0. The molecule has 19 heavy (non-hydrogen) atoms. The van der Waals surface area contributed by atoms with Crippen molar-refractivity contribution in [1.29, 1.82) is 0 Å². The normalized spacial score (nSPS) is 15.5. The zero-order valence-electron chi connectivity index (χ0n) is 11.6. The van der Waals surface area contributed by atoms with E-state index in [-0.39, 0.29) is 0 Å². The molecule has 0 bridgehead atoms. The molecule has 5 nitrogen and oxygen atoms in total. The van der Waals surface area contributed by atoms with Crippen LogP contribution in [0.2, 0.25) is 0 Å². The predicted octanol–water partition coefficient (Wildman–Crippen LogP) is 1.30. The summed E-state index contributed by atoms with van der Waals surface area (Å²) in [6.07, 6.45) is 4.69. The van der Waals surface area contributed by atoms with E-state index in [1.54, 1.807) is 6.20 Å². The number of pyridine rings is 1. The minimum Gasteiger partial charge on any atom is -0.489 e. The average molecular weight is 265 g/mol. The highest BCUT2D eigenvalue weighted by molar-refractivity contribution is 5.48. The molecule has 0 saturated carbocycles. The van der Waals surface area contributed by atoms with Crippen LogP contribution in [0.5, 0.6) is 5.75 Å². The summed E-state index contributed by atoms with van der Waals surface area (Å²) in [6.45, 7) is 8.18.